The van der Waals surface area contributed by atoms with Crippen LogP contribution < -0.4 is 0 Å². The number of aliphatic hydroxyl groups is 1. The molecule has 0 spiro atoms. The summed E-state index contributed by atoms with van der Waals surface area (Å²) in [6.07, 6.45) is 6.40. The lowest BCUT2D eigenvalue weighted by molar-refractivity contribution is 0.0233. The van der Waals surface area contributed by atoms with Gasteiger partial charge in [0.05, 0.1) is 5.60 Å². The maximum absolute atomic E-state index is 10.8. The molecule has 2 unspecified atom stereocenters. The molecule has 1 aliphatic rings. The molecule has 1 nitrogen and oxygen atoms in total. The SMILES string of the molecule is CC(C)(C)C1CCCC(O)(Cc2cccs2)CC1. The minimum Gasteiger partial charge on any atom is -0.390 e. The van der Waals surface area contributed by atoms with Crippen LogP contribution in [0, 0.1) is 11.3 Å². The molecular formula is C16H26OS. The lowest BCUT2D eigenvalue weighted by atomic mass is 9.76. The molecule has 18 heavy (non-hydrogen) atoms. The van der Waals surface area contributed by atoms with E-state index in [-0.39, 0.29) is 0 Å². The van der Waals surface area contributed by atoms with Crippen LogP contribution in [-0.4, -0.2) is 10.7 Å². The smallest absolute Gasteiger partial charge is 0.0696 e. The number of thiophene rings is 1. The van der Waals surface area contributed by atoms with Gasteiger partial charge in [-0.05, 0) is 48.5 Å². The summed E-state index contributed by atoms with van der Waals surface area (Å²) in [6, 6.07) is 4.23. The first kappa shape index (κ1) is 14.1. The monoisotopic (exact) mass is 266 g/mol. The molecule has 0 radical (unpaired) electrons. The second-order valence-corrected chi connectivity index (χ2v) is 8.01. The molecule has 1 aromatic rings. The van der Waals surface area contributed by atoms with Gasteiger partial charge in [-0.3, -0.25) is 0 Å². The molecule has 2 rings (SSSR count). The van der Waals surface area contributed by atoms with Crippen molar-refractivity contribution in [2.75, 3.05) is 0 Å². The first-order valence-electron chi connectivity index (χ1n) is 7.14. The summed E-state index contributed by atoms with van der Waals surface area (Å²) < 4.78 is 0. The van der Waals surface area contributed by atoms with Crippen LogP contribution in [0.3, 0.4) is 0 Å². The molecule has 1 aromatic heterocycles. The highest BCUT2D eigenvalue weighted by Gasteiger charge is 2.34. The normalized spacial score (nSPS) is 30.1. The first-order chi connectivity index (χ1) is 8.39. The molecule has 1 saturated carbocycles. The van der Waals surface area contributed by atoms with E-state index in [4.69, 9.17) is 0 Å². The van der Waals surface area contributed by atoms with Gasteiger partial charge < -0.3 is 5.11 Å². The van der Waals surface area contributed by atoms with Gasteiger partial charge in [-0.15, -0.1) is 11.3 Å². The van der Waals surface area contributed by atoms with E-state index in [9.17, 15) is 5.11 Å². The van der Waals surface area contributed by atoms with Gasteiger partial charge in [0.1, 0.15) is 0 Å². The van der Waals surface area contributed by atoms with Gasteiger partial charge in [0.2, 0.25) is 0 Å². The van der Waals surface area contributed by atoms with E-state index < -0.39 is 5.60 Å². The summed E-state index contributed by atoms with van der Waals surface area (Å²) in [6.45, 7) is 7.00. The van der Waals surface area contributed by atoms with Crippen molar-refractivity contribution in [1.29, 1.82) is 0 Å². The minimum absolute atomic E-state index is 0.383. The lowest BCUT2D eigenvalue weighted by Crippen LogP contribution is -2.30. The summed E-state index contributed by atoms with van der Waals surface area (Å²) in [5.41, 5.74) is -0.0704. The van der Waals surface area contributed by atoms with Crippen molar-refractivity contribution < 1.29 is 5.11 Å². The van der Waals surface area contributed by atoms with E-state index in [0.29, 0.717) is 5.41 Å². The molecule has 0 aliphatic heterocycles. The van der Waals surface area contributed by atoms with E-state index in [1.54, 1.807) is 11.3 Å². The minimum atomic E-state index is -0.454. The molecule has 0 amide bonds. The van der Waals surface area contributed by atoms with Gasteiger partial charge in [-0.25, -0.2) is 0 Å². The third-order valence-electron chi connectivity index (χ3n) is 4.46. The summed E-state index contributed by atoms with van der Waals surface area (Å²) in [5, 5.41) is 12.9. The molecular weight excluding hydrogens is 240 g/mol. The topological polar surface area (TPSA) is 20.2 Å². The maximum atomic E-state index is 10.8. The summed E-state index contributed by atoms with van der Waals surface area (Å²) >= 11 is 1.77. The van der Waals surface area contributed by atoms with Crippen molar-refractivity contribution in [3.05, 3.63) is 22.4 Å². The van der Waals surface area contributed by atoms with Crippen LogP contribution in [0.1, 0.15) is 57.8 Å². The Morgan fingerprint density at radius 1 is 1.33 bits per heavy atom. The molecule has 1 fully saturated rings. The van der Waals surface area contributed by atoms with E-state index in [2.05, 4.69) is 38.3 Å². The zero-order valence-corrected chi connectivity index (χ0v) is 12.7. The Hall–Kier alpha value is -0.340. The average Bonchev–Trinajstić information content (AvgIpc) is 2.65. The van der Waals surface area contributed by atoms with E-state index >= 15 is 0 Å². The van der Waals surface area contributed by atoms with Crippen LogP contribution in [0.15, 0.2) is 17.5 Å². The van der Waals surface area contributed by atoms with Crippen LogP contribution in [0.25, 0.3) is 0 Å². The fourth-order valence-electron chi connectivity index (χ4n) is 3.17. The van der Waals surface area contributed by atoms with Crippen LogP contribution >= 0.6 is 11.3 Å². The Morgan fingerprint density at radius 2 is 2.11 bits per heavy atom. The molecule has 1 heterocycles. The highest BCUT2D eigenvalue weighted by molar-refractivity contribution is 7.09. The predicted octanol–water partition coefficient (Wildman–Crippen LogP) is 4.65. The van der Waals surface area contributed by atoms with Crippen molar-refractivity contribution in [2.24, 2.45) is 11.3 Å². The fourth-order valence-corrected chi connectivity index (χ4v) is 4.01. The molecule has 2 atom stereocenters. The van der Waals surface area contributed by atoms with Gasteiger partial charge in [0.15, 0.2) is 0 Å². The summed E-state index contributed by atoms with van der Waals surface area (Å²) in [4.78, 5) is 1.33. The number of rotatable bonds is 2. The molecule has 1 N–H and O–H groups in total. The molecule has 1 aliphatic carbocycles. The van der Waals surface area contributed by atoms with Gasteiger partial charge in [-0.2, -0.15) is 0 Å². The molecule has 2 heteroatoms. The van der Waals surface area contributed by atoms with Gasteiger partial charge in [-0.1, -0.05) is 33.3 Å². The van der Waals surface area contributed by atoms with Crippen molar-refractivity contribution in [1.82, 2.24) is 0 Å². The summed E-state index contributed by atoms with van der Waals surface area (Å²) in [7, 11) is 0. The Morgan fingerprint density at radius 3 is 2.72 bits per heavy atom. The van der Waals surface area contributed by atoms with Crippen LogP contribution in [0.4, 0.5) is 0 Å². The second kappa shape index (κ2) is 5.34. The standard InChI is InChI=1S/C16H26OS/c1-15(2,3)13-6-4-9-16(17,10-8-13)12-14-7-5-11-18-14/h5,7,11,13,17H,4,6,8-10,12H2,1-3H3. The van der Waals surface area contributed by atoms with E-state index in [0.717, 1.165) is 25.2 Å². The first-order valence-corrected chi connectivity index (χ1v) is 8.02. The van der Waals surface area contributed by atoms with Crippen LogP contribution in [0.2, 0.25) is 0 Å². The number of hydrogen-bond acceptors (Lipinski definition) is 2. The van der Waals surface area contributed by atoms with Crippen molar-refractivity contribution in [3.63, 3.8) is 0 Å². The highest BCUT2D eigenvalue weighted by atomic mass is 32.1. The fraction of sp³-hybridized carbons (Fsp3) is 0.750. The Labute approximate surface area is 115 Å². The molecule has 102 valence electrons. The Bertz CT molecular complexity index is 363. The maximum Gasteiger partial charge on any atom is 0.0696 e. The zero-order valence-electron chi connectivity index (χ0n) is 11.9. The van der Waals surface area contributed by atoms with E-state index in [1.807, 2.05) is 0 Å². The molecule has 0 saturated heterocycles. The zero-order chi connectivity index (χ0) is 13.2. The number of hydrogen-bond donors (Lipinski definition) is 1. The largest absolute Gasteiger partial charge is 0.390 e. The Kier molecular flexibility index (Phi) is 4.18. The molecule has 0 bridgehead atoms. The van der Waals surface area contributed by atoms with E-state index in [1.165, 1.54) is 24.1 Å². The second-order valence-electron chi connectivity index (χ2n) is 6.97. The Balaban J connectivity index is 1.99. The van der Waals surface area contributed by atoms with Crippen LogP contribution in [0.5, 0.6) is 0 Å². The van der Waals surface area contributed by atoms with Crippen LogP contribution in [-0.2, 0) is 6.42 Å². The van der Waals surface area contributed by atoms with Gasteiger partial charge in [0.25, 0.3) is 0 Å². The van der Waals surface area contributed by atoms with Crippen molar-refractivity contribution in [2.45, 2.75) is 64.9 Å². The quantitative estimate of drug-likeness (QED) is 0.773. The van der Waals surface area contributed by atoms with Crippen molar-refractivity contribution >= 4 is 11.3 Å². The predicted molar refractivity (Wildman–Crippen MR) is 79.0 cm³/mol. The average molecular weight is 266 g/mol. The van der Waals surface area contributed by atoms with Gasteiger partial charge in [0, 0.05) is 11.3 Å². The lowest BCUT2D eigenvalue weighted by Gasteiger charge is -2.31. The third kappa shape index (κ3) is 3.58. The highest BCUT2D eigenvalue weighted by Crippen LogP contribution is 2.40. The third-order valence-corrected chi connectivity index (χ3v) is 5.34. The van der Waals surface area contributed by atoms with Gasteiger partial charge >= 0.3 is 0 Å². The summed E-state index contributed by atoms with van der Waals surface area (Å²) in [5.74, 6) is 0.759. The molecule has 0 aromatic carbocycles. The van der Waals surface area contributed by atoms with Crippen molar-refractivity contribution in [3.8, 4) is 0 Å².